The second-order valence-electron chi connectivity index (χ2n) is 3.09. The van der Waals surface area contributed by atoms with Crippen LogP contribution in [0.4, 0.5) is 0 Å². The first kappa shape index (κ1) is 11.9. The molecular weight excluding hydrogens is 260 g/mol. The van der Waals surface area contributed by atoms with Gasteiger partial charge in [0.1, 0.15) is 5.75 Å². The Labute approximate surface area is 98.4 Å². The molecule has 0 heterocycles. The van der Waals surface area contributed by atoms with Gasteiger partial charge in [-0.1, -0.05) is 33.6 Å². The Morgan fingerprint density at radius 1 is 1.43 bits per heavy atom. The van der Waals surface area contributed by atoms with Gasteiger partial charge in [-0.25, -0.2) is 0 Å². The maximum atomic E-state index is 5.67. The number of rotatable bonds is 5. The molecule has 14 heavy (non-hydrogen) atoms. The van der Waals surface area contributed by atoms with Gasteiger partial charge in [0.15, 0.2) is 0 Å². The minimum absolute atomic E-state index is 0.782. The number of halogens is 1. The molecular formula is C11H15BrOS. The van der Waals surface area contributed by atoms with Crippen LogP contribution in [-0.2, 0) is 5.33 Å². The van der Waals surface area contributed by atoms with Crippen molar-refractivity contribution in [3.8, 4) is 5.75 Å². The lowest BCUT2D eigenvalue weighted by molar-refractivity contribution is 0.341. The molecule has 0 amide bonds. The smallest absolute Gasteiger partial charge is 0.123 e. The molecule has 3 heteroatoms. The summed E-state index contributed by atoms with van der Waals surface area (Å²) in [6.45, 7) is 2.88. The van der Waals surface area contributed by atoms with Crippen molar-refractivity contribution in [1.29, 1.82) is 0 Å². The summed E-state index contributed by atoms with van der Waals surface area (Å²) in [4.78, 5) is 0. The molecule has 0 N–H and O–H groups in total. The van der Waals surface area contributed by atoms with Crippen LogP contribution >= 0.6 is 27.7 Å². The molecule has 0 aliphatic carbocycles. The van der Waals surface area contributed by atoms with Gasteiger partial charge in [-0.2, -0.15) is 11.8 Å². The lowest BCUT2D eigenvalue weighted by Crippen LogP contribution is -2.01. The number of aryl methyl sites for hydroxylation is 1. The standard InChI is InChI=1S/C11H15BrOS/c1-9-3-4-11(10(7-9)8-12)13-5-6-14-2/h3-4,7H,5-6,8H2,1-2H3. The molecule has 1 aromatic carbocycles. The van der Waals surface area contributed by atoms with Crippen molar-refractivity contribution < 1.29 is 4.74 Å². The van der Waals surface area contributed by atoms with Crippen molar-refractivity contribution in [2.75, 3.05) is 18.6 Å². The lowest BCUT2D eigenvalue weighted by Gasteiger charge is -2.09. The lowest BCUT2D eigenvalue weighted by atomic mass is 10.1. The maximum absolute atomic E-state index is 5.67. The largest absolute Gasteiger partial charge is 0.492 e. The molecule has 0 fully saturated rings. The first-order chi connectivity index (χ1) is 6.77. The fourth-order valence-electron chi connectivity index (χ4n) is 1.19. The van der Waals surface area contributed by atoms with Crippen LogP contribution in [0.25, 0.3) is 0 Å². The Morgan fingerprint density at radius 2 is 2.21 bits per heavy atom. The second kappa shape index (κ2) is 6.36. The first-order valence-corrected chi connectivity index (χ1v) is 7.06. The third-order valence-corrected chi connectivity index (χ3v) is 3.08. The topological polar surface area (TPSA) is 9.23 Å². The molecule has 78 valence electrons. The van der Waals surface area contributed by atoms with Crippen LogP contribution in [-0.4, -0.2) is 18.6 Å². The van der Waals surface area contributed by atoms with Crippen LogP contribution in [0.15, 0.2) is 18.2 Å². The van der Waals surface area contributed by atoms with Crippen molar-refractivity contribution in [2.45, 2.75) is 12.3 Å². The fraction of sp³-hybridized carbons (Fsp3) is 0.455. The molecule has 0 saturated carbocycles. The highest BCUT2D eigenvalue weighted by molar-refractivity contribution is 9.08. The molecule has 0 saturated heterocycles. The van der Waals surface area contributed by atoms with Crippen molar-refractivity contribution in [2.24, 2.45) is 0 Å². The van der Waals surface area contributed by atoms with E-state index in [2.05, 4.69) is 41.2 Å². The van der Waals surface area contributed by atoms with E-state index < -0.39 is 0 Å². The number of thioether (sulfide) groups is 1. The van der Waals surface area contributed by atoms with E-state index in [9.17, 15) is 0 Å². The van der Waals surface area contributed by atoms with Crippen molar-refractivity contribution >= 4 is 27.7 Å². The van der Waals surface area contributed by atoms with Crippen molar-refractivity contribution in [1.82, 2.24) is 0 Å². The van der Waals surface area contributed by atoms with Gasteiger partial charge < -0.3 is 4.74 Å². The number of benzene rings is 1. The SMILES string of the molecule is CSCCOc1ccc(C)cc1CBr. The van der Waals surface area contributed by atoms with E-state index in [1.807, 2.05) is 6.07 Å². The average molecular weight is 275 g/mol. The summed E-state index contributed by atoms with van der Waals surface area (Å²) in [5.74, 6) is 2.04. The highest BCUT2D eigenvalue weighted by Crippen LogP contribution is 2.22. The van der Waals surface area contributed by atoms with E-state index in [0.29, 0.717) is 0 Å². The molecule has 0 unspecified atom stereocenters. The summed E-state index contributed by atoms with van der Waals surface area (Å²) in [5, 5.41) is 0.850. The van der Waals surface area contributed by atoms with E-state index in [0.717, 1.165) is 23.4 Å². The number of hydrogen-bond donors (Lipinski definition) is 0. The number of ether oxygens (including phenoxy) is 1. The Bertz CT molecular complexity index is 289. The van der Waals surface area contributed by atoms with Gasteiger partial charge in [-0.3, -0.25) is 0 Å². The first-order valence-electron chi connectivity index (χ1n) is 4.55. The minimum atomic E-state index is 0.782. The average Bonchev–Trinajstić information content (AvgIpc) is 2.20. The zero-order valence-electron chi connectivity index (χ0n) is 8.55. The Hall–Kier alpha value is -0.150. The summed E-state index contributed by atoms with van der Waals surface area (Å²) in [6.07, 6.45) is 2.09. The predicted octanol–water partition coefficient (Wildman–Crippen LogP) is 3.63. The van der Waals surface area contributed by atoms with Crippen LogP contribution in [0.1, 0.15) is 11.1 Å². The van der Waals surface area contributed by atoms with Gasteiger partial charge in [-0.05, 0) is 19.2 Å². The number of alkyl halides is 1. The summed E-state index contributed by atoms with van der Waals surface area (Å²) < 4.78 is 5.67. The molecule has 0 spiro atoms. The van der Waals surface area contributed by atoms with Gasteiger partial charge >= 0.3 is 0 Å². The molecule has 1 nitrogen and oxygen atoms in total. The fourth-order valence-corrected chi connectivity index (χ4v) is 1.88. The van der Waals surface area contributed by atoms with Crippen LogP contribution in [0.3, 0.4) is 0 Å². The van der Waals surface area contributed by atoms with Crippen LogP contribution in [0.2, 0.25) is 0 Å². The summed E-state index contributed by atoms with van der Waals surface area (Å²) in [5.41, 5.74) is 2.50. The second-order valence-corrected chi connectivity index (χ2v) is 4.63. The van der Waals surface area contributed by atoms with E-state index in [1.165, 1.54) is 11.1 Å². The van der Waals surface area contributed by atoms with Gasteiger partial charge in [0.25, 0.3) is 0 Å². The van der Waals surface area contributed by atoms with Crippen molar-refractivity contribution in [3.63, 3.8) is 0 Å². The van der Waals surface area contributed by atoms with Gasteiger partial charge in [-0.15, -0.1) is 0 Å². The quantitative estimate of drug-likeness (QED) is 0.599. The zero-order valence-corrected chi connectivity index (χ0v) is 11.0. The highest BCUT2D eigenvalue weighted by atomic mass is 79.9. The molecule has 0 aromatic heterocycles. The molecule has 1 rings (SSSR count). The molecule has 0 bridgehead atoms. The van der Waals surface area contributed by atoms with Crippen LogP contribution in [0.5, 0.6) is 5.75 Å². The molecule has 0 radical (unpaired) electrons. The Kier molecular flexibility index (Phi) is 5.41. The number of hydrogen-bond acceptors (Lipinski definition) is 2. The van der Waals surface area contributed by atoms with Crippen LogP contribution in [0, 0.1) is 6.92 Å². The van der Waals surface area contributed by atoms with Crippen LogP contribution < -0.4 is 4.74 Å². The van der Waals surface area contributed by atoms with Crippen molar-refractivity contribution in [3.05, 3.63) is 29.3 Å². The molecule has 0 aliphatic rings. The summed E-state index contributed by atoms with van der Waals surface area (Å²) in [6, 6.07) is 6.29. The monoisotopic (exact) mass is 274 g/mol. The third kappa shape index (κ3) is 3.54. The highest BCUT2D eigenvalue weighted by Gasteiger charge is 2.02. The Morgan fingerprint density at radius 3 is 2.86 bits per heavy atom. The zero-order chi connectivity index (χ0) is 10.4. The third-order valence-electron chi connectivity index (χ3n) is 1.90. The molecule has 0 aliphatic heterocycles. The molecule has 1 aromatic rings. The summed E-state index contributed by atoms with van der Waals surface area (Å²) >= 11 is 5.27. The Balaban J connectivity index is 2.65. The molecule has 0 atom stereocenters. The van der Waals surface area contributed by atoms with Gasteiger partial charge in [0.05, 0.1) is 6.61 Å². The van der Waals surface area contributed by atoms with E-state index >= 15 is 0 Å². The normalized spacial score (nSPS) is 10.2. The van der Waals surface area contributed by atoms with Gasteiger partial charge in [0.2, 0.25) is 0 Å². The maximum Gasteiger partial charge on any atom is 0.123 e. The van der Waals surface area contributed by atoms with E-state index in [1.54, 1.807) is 11.8 Å². The summed E-state index contributed by atoms with van der Waals surface area (Å²) in [7, 11) is 0. The van der Waals surface area contributed by atoms with Gasteiger partial charge in [0, 0.05) is 16.6 Å². The minimum Gasteiger partial charge on any atom is -0.492 e. The van der Waals surface area contributed by atoms with E-state index in [-0.39, 0.29) is 0 Å². The predicted molar refractivity (Wildman–Crippen MR) is 67.7 cm³/mol. The van der Waals surface area contributed by atoms with E-state index in [4.69, 9.17) is 4.74 Å².